The molecule has 0 amide bonds. The van der Waals surface area contributed by atoms with Crippen molar-refractivity contribution in [3.63, 3.8) is 0 Å². The Kier molecular flexibility index (Phi) is 4.13. The van der Waals surface area contributed by atoms with Gasteiger partial charge in [0.05, 0.1) is 35.4 Å². The molecule has 0 bridgehead atoms. The van der Waals surface area contributed by atoms with Crippen LogP contribution in [0.1, 0.15) is 18.2 Å². The van der Waals surface area contributed by atoms with Crippen molar-refractivity contribution in [3.05, 3.63) is 40.5 Å². The molecule has 1 N–H and O–H groups in total. The van der Waals surface area contributed by atoms with Crippen molar-refractivity contribution >= 4 is 15.9 Å². The van der Waals surface area contributed by atoms with Crippen LogP contribution in [0.4, 0.5) is 0 Å². The smallest absolute Gasteiger partial charge is 0.133 e. The molecule has 1 unspecified atom stereocenters. The third-order valence-corrected chi connectivity index (χ3v) is 3.68. The predicted octanol–water partition coefficient (Wildman–Crippen LogP) is 2.06. The van der Waals surface area contributed by atoms with E-state index >= 15 is 0 Å². The lowest BCUT2D eigenvalue weighted by atomic mass is 9.95. The summed E-state index contributed by atoms with van der Waals surface area (Å²) >= 11 is 3.46. The van der Waals surface area contributed by atoms with Crippen LogP contribution in [0.25, 0.3) is 0 Å². The summed E-state index contributed by atoms with van der Waals surface area (Å²) in [5.74, 6) is 0. The summed E-state index contributed by atoms with van der Waals surface area (Å²) in [4.78, 5) is 2.08. The van der Waals surface area contributed by atoms with Gasteiger partial charge in [-0.2, -0.15) is 5.10 Å². The van der Waals surface area contributed by atoms with Crippen LogP contribution in [-0.4, -0.2) is 40.4 Å². The van der Waals surface area contributed by atoms with Gasteiger partial charge in [0.25, 0.3) is 0 Å². The predicted molar refractivity (Wildman–Crippen MR) is 75.9 cm³/mol. The van der Waals surface area contributed by atoms with Gasteiger partial charge in [0.2, 0.25) is 0 Å². The highest BCUT2D eigenvalue weighted by atomic mass is 79.9. The van der Waals surface area contributed by atoms with E-state index in [4.69, 9.17) is 4.42 Å². The Morgan fingerprint density at radius 1 is 1.53 bits per heavy atom. The lowest BCUT2D eigenvalue weighted by Gasteiger charge is -2.24. The number of hydrogen-bond acceptors (Lipinski definition) is 4. The second-order valence-corrected chi connectivity index (χ2v) is 5.81. The zero-order valence-corrected chi connectivity index (χ0v) is 12.9. The van der Waals surface area contributed by atoms with Gasteiger partial charge in [-0.1, -0.05) is 0 Å². The fourth-order valence-electron chi connectivity index (χ4n) is 1.99. The minimum Gasteiger partial charge on any atom is -0.472 e. The maximum Gasteiger partial charge on any atom is 0.133 e. The number of aromatic nitrogens is 2. The van der Waals surface area contributed by atoms with E-state index in [2.05, 4.69) is 25.9 Å². The summed E-state index contributed by atoms with van der Waals surface area (Å²) in [7, 11) is 4.01. The normalized spacial score (nSPS) is 14.8. The molecule has 104 valence electrons. The van der Waals surface area contributed by atoms with Crippen LogP contribution in [0.2, 0.25) is 0 Å². The first kappa shape index (κ1) is 14.3. The number of rotatable bonds is 5. The van der Waals surface area contributed by atoms with E-state index in [0.717, 1.165) is 16.7 Å². The fraction of sp³-hybridized carbons (Fsp3) is 0.462. The molecule has 2 heterocycles. The van der Waals surface area contributed by atoms with Crippen molar-refractivity contribution in [2.24, 2.45) is 0 Å². The molecule has 0 aliphatic rings. The minimum absolute atomic E-state index is 0.708. The van der Waals surface area contributed by atoms with Crippen LogP contribution in [0.5, 0.6) is 0 Å². The highest BCUT2D eigenvalue weighted by molar-refractivity contribution is 9.10. The Balaban J connectivity index is 2.36. The molecule has 0 spiro atoms. The van der Waals surface area contributed by atoms with Crippen molar-refractivity contribution in [1.29, 1.82) is 0 Å². The Morgan fingerprint density at radius 3 is 2.84 bits per heavy atom. The van der Waals surface area contributed by atoms with E-state index < -0.39 is 5.60 Å². The average Bonchev–Trinajstić information content (AvgIpc) is 2.95. The monoisotopic (exact) mass is 327 g/mol. The summed E-state index contributed by atoms with van der Waals surface area (Å²) in [6.45, 7) is 3.30. The second kappa shape index (κ2) is 5.48. The third kappa shape index (κ3) is 2.91. The van der Waals surface area contributed by atoms with Crippen molar-refractivity contribution in [1.82, 2.24) is 14.7 Å². The summed E-state index contributed by atoms with van der Waals surface area (Å²) in [6.07, 6.45) is 4.81. The lowest BCUT2D eigenvalue weighted by Crippen LogP contribution is -2.29. The summed E-state index contributed by atoms with van der Waals surface area (Å²) in [6, 6.07) is 1.76. The van der Waals surface area contributed by atoms with Gasteiger partial charge >= 0.3 is 0 Å². The quantitative estimate of drug-likeness (QED) is 0.913. The molecule has 0 aromatic carbocycles. The highest BCUT2D eigenvalue weighted by Crippen LogP contribution is 2.34. The molecule has 2 aromatic rings. The van der Waals surface area contributed by atoms with Crippen LogP contribution in [-0.2, 0) is 12.1 Å². The Bertz CT molecular complexity index is 532. The van der Waals surface area contributed by atoms with E-state index in [1.54, 1.807) is 31.7 Å². The Hall–Kier alpha value is -1.11. The van der Waals surface area contributed by atoms with Crippen molar-refractivity contribution in [3.8, 4) is 0 Å². The van der Waals surface area contributed by atoms with Crippen LogP contribution < -0.4 is 0 Å². The van der Waals surface area contributed by atoms with Crippen molar-refractivity contribution in [2.75, 3.05) is 20.6 Å². The molecule has 1 atom stereocenters. The van der Waals surface area contributed by atoms with E-state index in [0.29, 0.717) is 12.1 Å². The molecular weight excluding hydrogens is 310 g/mol. The zero-order chi connectivity index (χ0) is 14.0. The Morgan fingerprint density at radius 2 is 2.26 bits per heavy atom. The van der Waals surface area contributed by atoms with Crippen molar-refractivity contribution < 1.29 is 9.52 Å². The first-order chi connectivity index (χ1) is 8.93. The number of likely N-dealkylation sites (N-methyl/N-ethyl adjacent to an activating group) is 1. The minimum atomic E-state index is -1.14. The standard InChI is InChI=1S/C13H18BrN3O2/c1-13(18,10-4-7-19-9-10)12-11(14)8-15-17(12)6-5-16(2)3/h4,7-9,18H,5-6H2,1-3H3. The molecule has 0 aliphatic heterocycles. The lowest BCUT2D eigenvalue weighted by molar-refractivity contribution is 0.0894. The third-order valence-electron chi connectivity index (χ3n) is 3.10. The zero-order valence-electron chi connectivity index (χ0n) is 11.3. The van der Waals surface area contributed by atoms with Crippen molar-refractivity contribution in [2.45, 2.75) is 19.1 Å². The van der Waals surface area contributed by atoms with E-state index in [9.17, 15) is 5.11 Å². The fourth-order valence-corrected chi connectivity index (χ4v) is 2.67. The van der Waals surface area contributed by atoms with Gasteiger partial charge in [-0.15, -0.1) is 0 Å². The molecule has 2 aromatic heterocycles. The van der Waals surface area contributed by atoms with Gasteiger partial charge < -0.3 is 14.4 Å². The Labute approximate surface area is 121 Å². The number of halogens is 1. The maximum absolute atomic E-state index is 10.8. The average molecular weight is 328 g/mol. The van der Waals surface area contributed by atoms with Crippen LogP contribution in [0, 0.1) is 0 Å². The van der Waals surface area contributed by atoms with Gasteiger partial charge in [0.1, 0.15) is 5.60 Å². The topological polar surface area (TPSA) is 54.4 Å². The number of hydrogen-bond donors (Lipinski definition) is 1. The molecule has 0 aliphatic carbocycles. The molecule has 0 fully saturated rings. The van der Waals surface area contributed by atoms with Gasteiger partial charge in [-0.25, -0.2) is 0 Å². The SMILES string of the molecule is CN(C)CCn1ncc(Br)c1C(C)(O)c1ccoc1. The van der Waals surface area contributed by atoms with E-state index in [-0.39, 0.29) is 0 Å². The first-order valence-electron chi connectivity index (χ1n) is 6.04. The molecule has 0 radical (unpaired) electrons. The van der Waals surface area contributed by atoms with Crippen LogP contribution in [0.15, 0.2) is 33.7 Å². The van der Waals surface area contributed by atoms with Gasteiger partial charge in [0.15, 0.2) is 0 Å². The largest absolute Gasteiger partial charge is 0.472 e. The molecule has 5 nitrogen and oxygen atoms in total. The van der Waals surface area contributed by atoms with Crippen LogP contribution in [0.3, 0.4) is 0 Å². The summed E-state index contributed by atoms with van der Waals surface area (Å²) in [5.41, 5.74) is 0.296. The molecular formula is C13H18BrN3O2. The summed E-state index contributed by atoms with van der Waals surface area (Å²) in [5, 5.41) is 15.1. The number of nitrogens with zero attached hydrogens (tertiary/aromatic N) is 3. The molecule has 0 saturated heterocycles. The maximum atomic E-state index is 10.8. The van der Waals surface area contributed by atoms with Gasteiger partial charge in [-0.05, 0) is 43.0 Å². The number of furan rings is 1. The van der Waals surface area contributed by atoms with E-state index in [1.165, 1.54) is 0 Å². The molecule has 6 heteroatoms. The number of aliphatic hydroxyl groups is 1. The first-order valence-corrected chi connectivity index (χ1v) is 6.84. The molecule has 19 heavy (non-hydrogen) atoms. The van der Waals surface area contributed by atoms with Gasteiger partial charge in [0, 0.05) is 12.1 Å². The molecule has 2 rings (SSSR count). The summed E-state index contributed by atoms with van der Waals surface area (Å²) < 4.78 is 7.67. The highest BCUT2D eigenvalue weighted by Gasteiger charge is 2.33. The van der Waals surface area contributed by atoms with E-state index in [1.807, 2.05) is 18.8 Å². The van der Waals surface area contributed by atoms with Gasteiger partial charge in [-0.3, -0.25) is 4.68 Å². The van der Waals surface area contributed by atoms with Crippen LogP contribution >= 0.6 is 15.9 Å². The second-order valence-electron chi connectivity index (χ2n) is 4.95. The molecule has 0 saturated carbocycles.